The molecule has 136 valence electrons. The lowest BCUT2D eigenvalue weighted by Gasteiger charge is -2.28. The van der Waals surface area contributed by atoms with Gasteiger partial charge in [0.05, 0.1) is 22.1 Å². The number of nitrogens with zero attached hydrogens (tertiary/aromatic N) is 1. The molecule has 0 saturated carbocycles. The van der Waals surface area contributed by atoms with Crippen LogP contribution in [0.15, 0.2) is 23.1 Å². The van der Waals surface area contributed by atoms with Gasteiger partial charge in [0.2, 0.25) is 10.0 Å². The second-order valence-corrected chi connectivity index (χ2v) is 7.52. The van der Waals surface area contributed by atoms with Gasteiger partial charge in [-0.3, -0.25) is 10.1 Å². The van der Waals surface area contributed by atoms with Gasteiger partial charge in [0.15, 0.2) is 4.90 Å². The van der Waals surface area contributed by atoms with E-state index >= 15 is 0 Å². The van der Waals surface area contributed by atoms with Gasteiger partial charge >= 0.3 is 0 Å². The highest BCUT2D eigenvalue weighted by Crippen LogP contribution is 2.31. The third-order valence-corrected chi connectivity index (χ3v) is 5.68. The van der Waals surface area contributed by atoms with E-state index in [1.165, 1.54) is 19.2 Å². The highest BCUT2D eigenvalue weighted by Gasteiger charge is 2.36. The number of hydrogen-bond donors (Lipinski definition) is 2. The zero-order valence-corrected chi connectivity index (χ0v) is 15.3. The number of hydrogen-bond acceptors (Lipinski definition) is 6. The summed E-state index contributed by atoms with van der Waals surface area (Å²) in [6, 6.07) is 3.76. The fourth-order valence-electron chi connectivity index (χ4n) is 2.68. The molecule has 1 aromatic carbocycles. The standard InChI is InChI=1S/C13H18ClN3O5S.ClH/c1-22-9-13(6-3-7-15-13)8-16-23(20,21)12-10(14)4-2-5-11(12)17(18)19;/h2,4-5,15-16H,3,6-9H2,1H3;1H. The maximum absolute atomic E-state index is 12.5. The normalized spacial score (nSPS) is 20.6. The van der Waals surface area contributed by atoms with E-state index in [0.29, 0.717) is 6.61 Å². The fraction of sp³-hybridized carbons (Fsp3) is 0.538. The number of sulfonamides is 1. The summed E-state index contributed by atoms with van der Waals surface area (Å²) in [7, 11) is -2.59. The first-order valence-electron chi connectivity index (χ1n) is 6.98. The van der Waals surface area contributed by atoms with Crippen molar-refractivity contribution >= 4 is 39.7 Å². The van der Waals surface area contributed by atoms with Crippen LogP contribution in [-0.4, -0.2) is 45.7 Å². The van der Waals surface area contributed by atoms with Crippen LogP contribution in [0, 0.1) is 10.1 Å². The van der Waals surface area contributed by atoms with Crippen LogP contribution in [0.2, 0.25) is 5.02 Å². The molecule has 1 saturated heterocycles. The molecule has 1 aliphatic rings. The zero-order valence-electron chi connectivity index (χ0n) is 13.0. The summed E-state index contributed by atoms with van der Waals surface area (Å²) in [5, 5.41) is 14.1. The molecule has 1 unspecified atom stereocenters. The highest BCUT2D eigenvalue weighted by atomic mass is 35.5. The molecule has 1 fully saturated rings. The summed E-state index contributed by atoms with van der Waals surface area (Å²) in [6.45, 7) is 1.16. The van der Waals surface area contributed by atoms with Gasteiger partial charge in [-0.05, 0) is 25.5 Å². The number of nitro benzene ring substituents is 1. The SMILES string of the molecule is COCC1(CNS(=O)(=O)c2c(Cl)cccc2[N+](=O)[O-])CCCN1.Cl. The predicted molar refractivity (Wildman–Crippen MR) is 92.4 cm³/mol. The molecule has 1 heterocycles. The highest BCUT2D eigenvalue weighted by molar-refractivity contribution is 7.89. The molecule has 24 heavy (non-hydrogen) atoms. The number of benzene rings is 1. The van der Waals surface area contributed by atoms with Crippen molar-refractivity contribution in [1.82, 2.24) is 10.0 Å². The summed E-state index contributed by atoms with van der Waals surface area (Å²) in [6.07, 6.45) is 1.64. The van der Waals surface area contributed by atoms with Crippen molar-refractivity contribution in [2.45, 2.75) is 23.3 Å². The molecule has 0 aromatic heterocycles. The van der Waals surface area contributed by atoms with Gasteiger partial charge in [-0.25, -0.2) is 13.1 Å². The number of nitro groups is 1. The Kier molecular flexibility index (Phi) is 7.39. The van der Waals surface area contributed by atoms with Crippen LogP contribution in [0.1, 0.15) is 12.8 Å². The summed E-state index contributed by atoms with van der Waals surface area (Å²) in [4.78, 5) is 9.79. The molecule has 0 bridgehead atoms. The van der Waals surface area contributed by atoms with Crippen LogP contribution in [-0.2, 0) is 14.8 Å². The van der Waals surface area contributed by atoms with Crippen LogP contribution in [0.25, 0.3) is 0 Å². The topological polar surface area (TPSA) is 111 Å². The molecule has 8 nitrogen and oxygen atoms in total. The molecular weight excluding hydrogens is 381 g/mol. The summed E-state index contributed by atoms with van der Waals surface area (Å²) in [5.41, 5.74) is -1.07. The maximum Gasteiger partial charge on any atom is 0.290 e. The van der Waals surface area contributed by atoms with E-state index in [-0.39, 0.29) is 24.0 Å². The van der Waals surface area contributed by atoms with E-state index in [2.05, 4.69) is 10.0 Å². The molecule has 0 amide bonds. The van der Waals surface area contributed by atoms with Crippen molar-refractivity contribution in [2.75, 3.05) is 26.8 Å². The Hall–Kier alpha value is -0.970. The monoisotopic (exact) mass is 399 g/mol. The fourth-order valence-corrected chi connectivity index (χ4v) is 4.51. The van der Waals surface area contributed by atoms with E-state index in [1.807, 2.05) is 0 Å². The molecule has 1 aromatic rings. The lowest BCUT2D eigenvalue weighted by Crippen LogP contribution is -2.52. The van der Waals surface area contributed by atoms with Crippen LogP contribution in [0.4, 0.5) is 5.69 Å². The van der Waals surface area contributed by atoms with Crippen molar-refractivity contribution < 1.29 is 18.1 Å². The third-order valence-electron chi connectivity index (χ3n) is 3.76. The van der Waals surface area contributed by atoms with Gasteiger partial charge in [0, 0.05) is 19.7 Å². The van der Waals surface area contributed by atoms with Crippen LogP contribution < -0.4 is 10.0 Å². The zero-order chi connectivity index (χ0) is 17.1. The molecule has 11 heteroatoms. The van der Waals surface area contributed by atoms with Gasteiger partial charge in [-0.1, -0.05) is 17.7 Å². The molecule has 0 spiro atoms. The number of halogens is 2. The minimum atomic E-state index is -4.13. The van der Waals surface area contributed by atoms with Gasteiger partial charge in [0.1, 0.15) is 0 Å². The van der Waals surface area contributed by atoms with Crippen molar-refractivity contribution in [3.63, 3.8) is 0 Å². The second-order valence-electron chi connectivity index (χ2n) is 5.41. The first-order chi connectivity index (χ1) is 10.8. The first-order valence-corrected chi connectivity index (χ1v) is 8.84. The third kappa shape index (κ3) is 4.56. The summed E-state index contributed by atoms with van der Waals surface area (Å²) >= 11 is 5.89. The van der Waals surface area contributed by atoms with Crippen LogP contribution >= 0.6 is 24.0 Å². The molecular formula is C13H19Cl2N3O5S. The number of nitrogens with one attached hydrogen (secondary N) is 2. The van der Waals surface area contributed by atoms with E-state index in [1.54, 1.807) is 0 Å². The minimum absolute atomic E-state index is 0. The lowest BCUT2D eigenvalue weighted by atomic mass is 9.99. The largest absolute Gasteiger partial charge is 0.383 e. The van der Waals surface area contributed by atoms with Crippen molar-refractivity contribution in [1.29, 1.82) is 0 Å². The molecule has 2 N–H and O–H groups in total. The van der Waals surface area contributed by atoms with Gasteiger partial charge in [0.25, 0.3) is 5.69 Å². The average Bonchev–Trinajstić information content (AvgIpc) is 2.94. The molecule has 0 radical (unpaired) electrons. The van der Waals surface area contributed by atoms with Gasteiger partial charge in [-0.15, -0.1) is 12.4 Å². The van der Waals surface area contributed by atoms with Crippen molar-refractivity contribution in [3.8, 4) is 0 Å². The van der Waals surface area contributed by atoms with E-state index < -0.39 is 31.1 Å². The van der Waals surface area contributed by atoms with Crippen molar-refractivity contribution in [2.24, 2.45) is 0 Å². The second kappa shape index (κ2) is 8.41. The van der Waals surface area contributed by atoms with Crippen molar-refractivity contribution in [3.05, 3.63) is 33.3 Å². The Bertz CT molecular complexity index is 693. The first kappa shape index (κ1) is 21.1. The van der Waals surface area contributed by atoms with E-state index in [0.717, 1.165) is 25.5 Å². The van der Waals surface area contributed by atoms with Gasteiger partial charge < -0.3 is 10.1 Å². The van der Waals surface area contributed by atoms with E-state index in [9.17, 15) is 18.5 Å². The minimum Gasteiger partial charge on any atom is -0.383 e. The molecule has 1 aliphatic heterocycles. The number of ether oxygens (including phenoxy) is 1. The lowest BCUT2D eigenvalue weighted by molar-refractivity contribution is -0.387. The Morgan fingerprint density at radius 2 is 2.21 bits per heavy atom. The summed E-state index contributed by atoms with van der Waals surface area (Å²) in [5.74, 6) is 0. The molecule has 2 rings (SSSR count). The quantitative estimate of drug-likeness (QED) is 0.533. The Morgan fingerprint density at radius 1 is 1.50 bits per heavy atom. The van der Waals surface area contributed by atoms with Gasteiger partial charge in [-0.2, -0.15) is 0 Å². The van der Waals surface area contributed by atoms with Crippen LogP contribution in [0.5, 0.6) is 0 Å². The van der Waals surface area contributed by atoms with Crippen LogP contribution in [0.3, 0.4) is 0 Å². The average molecular weight is 400 g/mol. The predicted octanol–water partition coefficient (Wildman–Crippen LogP) is 1.72. The summed E-state index contributed by atoms with van der Waals surface area (Å²) < 4.78 is 32.6. The van der Waals surface area contributed by atoms with E-state index in [4.69, 9.17) is 16.3 Å². The molecule has 0 aliphatic carbocycles. The number of methoxy groups -OCH3 is 1. The Morgan fingerprint density at radius 3 is 2.75 bits per heavy atom. The number of rotatable bonds is 7. The Labute approximate surface area is 151 Å². The maximum atomic E-state index is 12.5. The molecule has 1 atom stereocenters. The smallest absolute Gasteiger partial charge is 0.290 e. The Balaban J connectivity index is 0.00000288.